The van der Waals surface area contributed by atoms with E-state index < -0.39 is 11.8 Å². The zero-order valence-electron chi connectivity index (χ0n) is 13.4. The van der Waals surface area contributed by atoms with E-state index in [-0.39, 0.29) is 5.91 Å². The van der Waals surface area contributed by atoms with Crippen LogP contribution in [-0.4, -0.2) is 17.7 Å². The van der Waals surface area contributed by atoms with Gasteiger partial charge >= 0.3 is 0 Å². The molecule has 0 spiro atoms. The molecule has 0 saturated carbocycles. The number of amides is 3. The van der Waals surface area contributed by atoms with Crippen molar-refractivity contribution in [1.82, 2.24) is 10.9 Å². The van der Waals surface area contributed by atoms with Crippen LogP contribution in [0.3, 0.4) is 0 Å². The molecule has 0 aliphatic carbocycles. The third-order valence-corrected chi connectivity index (χ3v) is 3.43. The maximum atomic E-state index is 12.0. The lowest BCUT2D eigenvalue weighted by Crippen LogP contribution is -2.40. The molecule has 0 saturated heterocycles. The van der Waals surface area contributed by atoms with Gasteiger partial charge in [-0.05, 0) is 42.0 Å². The van der Waals surface area contributed by atoms with Crippen LogP contribution in [0.4, 0.5) is 5.69 Å². The summed E-state index contributed by atoms with van der Waals surface area (Å²) in [6, 6.07) is 13.3. The summed E-state index contributed by atoms with van der Waals surface area (Å²) in [5, 5.41) is 3.12. The molecule has 25 heavy (non-hydrogen) atoms. The van der Waals surface area contributed by atoms with E-state index in [1.165, 1.54) is 25.1 Å². The summed E-state index contributed by atoms with van der Waals surface area (Å²) in [4.78, 5) is 34.6. The van der Waals surface area contributed by atoms with Gasteiger partial charge in [-0.1, -0.05) is 29.8 Å². The van der Waals surface area contributed by atoms with Crippen LogP contribution in [0, 0.1) is 0 Å². The maximum Gasteiger partial charge on any atom is 0.269 e. The molecule has 0 bridgehead atoms. The fourth-order valence-corrected chi connectivity index (χ4v) is 2.11. The lowest BCUT2D eigenvalue weighted by Gasteiger charge is -2.06. The number of nitrogens with one attached hydrogen (secondary N) is 3. The third kappa shape index (κ3) is 5.78. The monoisotopic (exact) mass is 357 g/mol. The van der Waals surface area contributed by atoms with Gasteiger partial charge in [0.2, 0.25) is 5.91 Å². The van der Waals surface area contributed by atoms with Crippen LogP contribution < -0.4 is 16.2 Å². The molecule has 128 valence electrons. The van der Waals surface area contributed by atoms with Crippen molar-refractivity contribution >= 4 is 41.1 Å². The van der Waals surface area contributed by atoms with Crippen LogP contribution in [0.1, 0.15) is 22.8 Å². The average Bonchev–Trinajstić information content (AvgIpc) is 2.59. The van der Waals surface area contributed by atoms with Crippen molar-refractivity contribution in [2.45, 2.75) is 6.92 Å². The summed E-state index contributed by atoms with van der Waals surface area (Å²) in [6.45, 7) is 1.40. The van der Waals surface area contributed by atoms with E-state index in [4.69, 9.17) is 11.6 Å². The van der Waals surface area contributed by atoms with Crippen molar-refractivity contribution in [3.8, 4) is 0 Å². The van der Waals surface area contributed by atoms with Gasteiger partial charge in [0.15, 0.2) is 0 Å². The van der Waals surface area contributed by atoms with Gasteiger partial charge in [0.1, 0.15) is 0 Å². The van der Waals surface area contributed by atoms with Gasteiger partial charge in [-0.2, -0.15) is 0 Å². The predicted octanol–water partition coefficient (Wildman–Crippen LogP) is 2.77. The van der Waals surface area contributed by atoms with Gasteiger partial charge in [0.05, 0.1) is 0 Å². The normalized spacial score (nSPS) is 10.3. The Hall–Kier alpha value is -3.12. The van der Waals surface area contributed by atoms with Gasteiger partial charge in [-0.3, -0.25) is 25.2 Å². The minimum atomic E-state index is -0.497. The highest BCUT2D eigenvalue weighted by molar-refractivity contribution is 6.32. The number of hydrazine groups is 1. The number of carbonyl (C=O) groups excluding carboxylic acids is 3. The van der Waals surface area contributed by atoms with Crippen LogP contribution >= 0.6 is 11.6 Å². The van der Waals surface area contributed by atoms with Crippen LogP contribution in [0.15, 0.2) is 54.6 Å². The second-order valence-corrected chi connectivity index (χ2v) is 5.46. The largest absolute Gasteiger partial charge is 0.326 e. The number of carbonyl (C=O) groups is 3. The highest BCUT2D eigenvalue weighted by Gasteiger charge is 2.06. The fraction of sp³-hybridized carbons (Fsp3) is 0.0556. The molecule has 2 aromatic carbocycles. The first-order valence-corrected chi connectivity index (χ1v) is 7.74. The molecule has 2 rings (SSSR count). The van der Waals surface area contributed by atoms with Crippen LogP contribution in [-0.2, 0) is 9.59 Å². The molecule has 2 aromatic rings. The Morgan fingerprint density at radius 2 is 1.64 bits per heavy atom. The van der Waals surface area contributed by atoms with E-state index >= 15 is 0 Å². The Kier molecular flexibility index (Phi) is 6.31. The molecule has 0 radical (unpaired) electrons. The smallest absolute Gasteiger partial charge is 0.269 e. The third-order valence-electron chi connectivity index (χ3n) is 3.09. The molecule has 0 aromatic heterocycles. The summed E-state index contributed by atoms with van der Waals surface area (Å²) in [7, 11) is 0. The zero-order chi connectivity index (χ0) is 18.2. The first-order chi connectivity index (χ1) is 12.0. The van der Waals surface area contributed by atoms with Crippen LogP contribution in [0.2, 0.25) is 5.02 Å². The number of benzene rings is 2. The van der Waals surface area contributed by atoms with Crippen molar-refractivity contribution in [1.29, 1.82) is 0 Å². The van der Waals surface area contributed by atoms with Crippen molar-refractivity contribution in [3.05, 3.63) is 70.8 Å². The second kappa shape index (κ2) is 8.65. The number of hydrogen-bond donors (Lipinski definition) is 3. The predicted molar refractivity (Wildman–Crippen MR) is 96.8 cm³/mol. The highest BCUT2D eigenvalue weighted by Crippen LogP contribution is 2.16. The van der Waals surface area contributed by atoms with Crippen LogP contribution in [0.25, 0.3) is 6.08 Å². The minimum Gasteiger partial charge on any atom is -0.326 e. The molecule has 3 amide bonds. The molecule has 0 heterocycles. The van der Waals surface area contributed by atoms with E-state index in [0.717, 1.165) is 0 Å². The Balaban J connectivity index is 1.88. The van der Waals surface area contributed by atoms with E-state index in [0.29, 0.717) is 21.8 Å². The molecule has 0 atom stereocenters. The van der Waals surface area contributed by atoms with Crippen LogP contribution in [0.5, 0.6) is 0 Å². The van der Waals surface area contributed by atoms with Crippen molar-refractivity contribution < 1.29 is 14.4 Å². The first kappa shape index (κ1) is 18.2. The summed E-state index contributed by atoms with van der Waals surface area (Å²) >= 11 is 5.98. The average molecular weight is 358 g/mol. The summed E-state index contributed by atoms with van der Waals surface area (Å²) in [5.41, 5.74) is 6.19. The van der Waals surface area contributed by atoms with Crippen molar-refractivity contribution in [3.63, 3.8) is 0 Å². The molecule has 6 nitrogen and oxygen atoms in total. The molecule has 0 unspecified atom stereocenters. The number of halogens is 1. The van der Waals surface area contributed by atoms with E-state index in [2.05, 4.69) is 16.2 Å². The standard InChI is InChI=1S/C18H16ClN3O3/c1-12(23)20-15-9-6-14(7-10-15)18(25)22-21-17(24)11-8-13-4-2-3-5-16(13)19/h2-11H,1H3,(H,20,23)(H,21,24)(H,22,25). The molecular formula is C18H16ClN3O3. The Morgan fingerprint density at radius 1 is 0.960 bits per heavy atom. The summed E-state index contributed by atoms with van der Waals surface area (Å²) in [6.07, 6.45) is 2.81. The molecule has 0 aliphatic rings. The molecular weight excluding hydrogens is 342 g/mol. The molecule has 0 fully saturated rings. The topological polar surface area (TPSA) is 87.3 Å². The molecule has 3 N–H and O–H groups in total. The number of anilines is 1. The molecule has 7 heteroatoms. The number of rotatable bonds is 4. The lowest BCUT2D eigenvalue weighted by molar-refractivity contribution is -0.117. The van der Waals surface area contributed by atoms with Crippen molar-refractivity contribution in [2.24, 2.45) is 0 Å². The highest BCUT2D eigenvalue weighted by atomic mass is 35.5. The summed E-state index contributed by atoms with van der Waals surface area (Å²) < 4.78 is 0. The van der Waals surface area contributed by atoms with Crippen molar-refractivity contribution in [2.75, 3.05) is 5.32 Å². The van der Waals surface area contributed by atoms with Gasteiger partial charge in [-0.25, -0.2) is 0 Å². The van der Waals surface area contributed by atoms with Gasteiger partial charge in [0.25, 0.3) is 11.8 Å². The SMILES string of the molecule is CC(=O)Nc1ccc(C(=O)NNC(=O)C=Cc2ccccc2Cl)cc1. The van der Waals surface area contributed by atoms with Gasteiger partial charge in [0, 0.05) is 29.3 Å². The Bertz CT molecular complexity index is 817. The van der Waals surface area contributed by atoms with E-state index in [9.17, 15) is 14.4 Å². The zero-order valence-corrected chi connectivity index (χ0v) is 14.1. The van der Waals surface area contributed by atoms with E-state index in [1.54, 1.807) is 42.5 Å². The quantitative estimate of drug-likeness (QED) is 0.580. The van der Waals surface area contributed by atoms with Gasteiger partial charge in [-0.15, -0.1) is 0 Å². The summed E-state index contributed by atoms with van der Waals surface area (Å²) in [5.74, 6) is -1.17. The number of hydrogen-bond acceptors (Lipinski definition) is 3. The molecule has 0 aliphatic heterocycles. The van der Waals surface area contributed by atoms with Gasteiger partial charge < -0.3 is 5.32 Å². The maximum absolute atomic E-state index is 12.0. The fourth-order valence-electron chi connectivity index (χ4n) is 1.92. The Labute approximate surface area is 149 Å². The first-order valence-electron chi connectivity index (χ1n) is 7.36. The Morgan fingerprint density at radius 3 is 2.28 bits per heavy atom. The van der Waals surface area contributed by atoms with E-state index in [1.807, 2.05) is 0 Å². The minimum absolute atomic E-state index is 0.199. The lowest BCUT2D eigenvalue weighted by atomic mass is 10.2. The second-order valence-electron chi connectivity index (χ2n) is 5.06.